The molecule has 1 heterocycles. The lowest BCUT2D eigenvalue weighted by Gasteiger charge is -2.04. The first-order chi connectivity index (χ1) is 8.38. The summed E-state index contributed by atoms with van der Waals surface area (Å²) in [6.07, 6.45) is 0. The fourth-order valence-corrected chi connectivity index (χ4v) is 2.40. The van der Waals surface area contributed by atoms with Crippen LogP contribution >= 0.6 is 11.3 Å². The lowest BCUT2D eigenvalue weighted by Crippen LogP contribution is -2.80. The molecule has 0 aliphatic carbocycles. The number of ether oxygens (including phenoxy) is 1. The molecule has 90 valence electrons. The van der Waals surface area contributed by atoms with Gasteiger partial charge in [0.05, 0.1) is 11.5 Å². The van der Waals surface area contributed by atoms with Crippen LogP contribution in [0.15, 0.2) is 41.8 Å². The minimum absolute atomic E-state index is 0.726. The monoisotopic (exact) mass is 248 g/mol. The Kier molecular flexibility index (Phi) is 4.59. The fourth-order valence-electron chi connectivity index (χ4n) is 1.70. The van der Waals surface area contributed by atoms with Crippen LogP contribution in [0.4, 0.5) is 0 Å². The molecule has 0 bridgehead atoms. The van der Waals surface area contributed by atoms with E-state index in [1.165, 1.54) is 10.4 Å². The molecule has 0 saturated carbocycles. The molecule has 0 spiro atoms. The second kappa shape index (κ2) is 6.42. The number of benzene rings is 1. The average molecular weight is 248 g/mol. The second-order valence-corrected chi connectivity index (χ2v) is 4.89. The van der Waals surface area contributed by atoms with E-state index in [1.54, 1.807) is 0 Å². The van der Waals surface area contributed by atoms with Gasteiger partial charge in [0, 0.05) is 5.56 Å². The van der Waals surface area contributed by atoms with Gasteiger partial charge in [-0.15, -0.1) is 11.3 Å². The topological polar surface area (TPSA) is 25.8 Å². The van der Waals surface area contributed by atoms with Crippen LogP contribution in [-0.2, 0) is 13.1 Å². The Morgan fingerprint density at radius 1 is 1.12 bits per heavy atom. The molecule has 1 aromatic carbocycles. The van der Waals surface area contributed by atoms with Crippen molar-refractivity contribution in [2.45, 2.75) is 20.0 Å². The molecule has 0 unspecified atom stereocenters. The van der Waals surface area contributed by atoms with Crippen molar-refractivity contribution in [3.05, 3.63) is 52.2 Å². The Morgan fingerprint density at radius 2 is 1.94 bits per heavy atom. The minimum Gasteiger partial charge on any atom is -0.494 e. The normalized spacial score (nSPS) is 10.4. The highest BCUT2D eigenvalue weighted by Crippen LogP contribution is 2.11. The molecule has 0 radical (unpaired) electrons. The van der Waals surface area contributed by atoms with E-state index in [0.29, 0.717) is 0 Å². The maximum atomic E-state index is 5.42. The molecule has 1 aromatic heterocycles. The Labute approximate surface area is 106 Å². The summed E-state index contributed by atoms with van der Waals surface area (Å²) in [5.41, 5.74) is 1.34. The number of quaternary nitrogens is 1. The van der Waals surface area contributed by atoms with Crippen molar-refractivity contribution in [2.24, 2.45) is 0 Å². The van der Waals surface area contributed by atoms with Crippen molar-refractivity contribution < 1.29 is 10.1 Å². The molecule has 0 aliphatic rings. The third kappa shape index (κ3) is 3.88. The standard InChI is InChI=1S/C14H17NOS/c1-2-16-13-7-5-12(6-8-13)10-15-11-14-4-3-9-17-14/h3-9,15H,2,10-11H2,1H3/p+1. The Morgan fingerprint density at radius 3 is 2.59 bits per heavy atom. The van der Waals surface area contributed by atoms with Crippen LogP contribution in [0.2, 0.25) is 0 Å². The van der Waals surface area contributed by atoms with Crippen LogP contribution in [0.3, 0.4) is 0 Å². The van der Waals surface area contributed by atoms with Gasteiger partial charge in [-0.3, -0.25) is 0 Å². The molecule has 0 amide bonds. The van der Waals surface area contributed by atoms with E-state index in [9.17, 15) is 0 Å². The summed E-state index contributed by atoms with van der Waals surface area (Å²) in [4.78, 5) is 1.43. The third-order valence-electron chi connectivity index (χ3n) is 2.54. The van der Waals surface area contributed by atoms with Gasteiger partial charge in [-0.05, 0) is 42.6 Å². The van der Waals surface area contributed by atoms with Crippen molar-refractivity contribution in [3.8, 4) is 5.75 Å². The average Bonchev–Trinajstić information content (AvgIpc) is 2.85. The largest absolute Gasteiger partial charge is 0.494 e. The number of rotatable bonds is 6. The number of nitrogens with two attached hydrogens (primary N) is 1. The van der Waals surface area contributed by atoms with Crippen molar-refractivity contribution in [1.29, 1.82) is 0 Å². The first-order valence-corrected chi connectivity index (χ1v) is 6.82. The van der Waals surface area contributed by atoms with Gasteiger partial charge < -0.3 is 10.1 Å². The molecule has 17 heavy (non-hydrogen) atoms. The maximum absolute atomic E-state index is 5.42. The number of thiophene rings is 1. The number of hydrogen-bond acceptors (Lipinski definition) is 2. The molecule has 2 rings (SSSR count). The molecule has 0 fully saturated rings. The molecule has 3 heteroatoms. The lowest BCUT2D eigenvalue weighted by atomic mass is 10.2. The highest BCUT2D eigenvalue weighted by Gasteiger charge is 1.99. The highest BCUT2D eigenvalue weighted by atomic mass is 32.1. The van der Waals surface area contributed by atoms with Gasteiger partial charge in [0.15, 0.2) is 0 Å². The summed E-state index contributed by atoms with van der Waals surface area (Å²) in [5, 5.41) is 4.45. The Bertz CT molecular complexity index is 422. The number of hydrogen-bond donors (Lipinski definition) is 1. The van der Waals surface area contributed by atoms with Crippen LogP contribution in [0.25, 0.3) is 0 Å². The summed E-state index contributed by atoms with van der Waals surface area (Å²) < 4.78 is 5.42. The van der Waals surface area contributed by atoms with Gasteiger partial charge in [-0.1, -0.05) is 6.07 Å². The molecular formula is C14H18NOS+. The van der Waals surface area contributed by atoms with E-state index in [0.717, 1.165) is 25.4 Å². The van der Waals surface area contributed by atoms with Crippen molar-refractivity contribution >= 4 is 11.3 Å². The first kappa shape index (κ1) is 12.1. The van der Waals surface area contributed by atoms with Gasteiger partial charge >= 0.3 is 0 Å². The third-order valence-corrected chi connectivity index (χ3v) is 3.44. The van der Waals surface area contributed by atoms with E-state index >= 15 is 0 Å². The quantitative estimate of drug-likeness (QED) is 0.834. The van der Waals surface area contributed by atoms with E-state index in [2.05, 4.69) is 35.0 Å². The first-order valence-electron chi connectivity index (χ1n) is 5.94. The zero-order valence-electron chi connectivity index (χ0n) is 10.1. The van der Waals surface area contributed by atoms with Gasteiger partial charge in [0.1, 0.15) is 18.8 Å². The van der Waals surface area contributed by atoms with Gasteiger partial charge in [-0.25, -0.2) is 0 Å². The van der Waals surface area contributed by atoms with Crippen LogP contribution < -0.4 is 10.1 Å². The highest BCUT2D eigenvalue weighted by molar-refractivity contribution is 7.09. The molecule has 0 saturated heterocycles. The van der Waals surface area contributed by atoms with E-state index in [-0.39, 0.29) is 0 Å². The minimum atomic E-state index is 0.726. The summed E-state index contributed by atoms with van der Waals surface area (Å²) in [6.45, 7) is 4.81. The second-order valence-electron chi connectivity index (χ2n) is 3.85. The zero-order valence-corrected chi connectivity index (χ0v) is 10.9. The molecule has 0 aliphatic heterocycles. The summed E-state index contributed by atoms with van der Waals surface area (Å²) in [5.74, 6) is 0.953. The van der Waals surface area contributed by atoms with Crippen molar-refractivity contribution in [3.63, 3.8) is 0 Å². The smallest absolute Gasteiger partial charge is 0.119 e. The van der Waals surface area contributed by atoms with E-state index < -0.39 is 0 Å². The maximum Gasteiger partial charge on any atom is 0.119 e. The summed E-state index contributed by atoms with van der Waals surface area (Å²) in [6, 6.07) is 12.6. The summed E-state index contributed by atoms with van der Waals surface area (Å²) in [7, 11) is 0. The van der Waals surface area contributed by atoms with E-state index in [4.69, 9.17) is 4.74 Å². The van der Waals surface area contributed by atoms with Gasteiger partial charge in [0.25, 0.3) is 0 Å². The van der Waals surface area contributed by atoms with E-state index in [1.807, 2.05) is 30.4 Å². The predicted octanol–water partition coefficient (Wildman–Crippen LogP) is 2.41. The lowest BCUT2D eigenvalue weighted by molar-refractivity contribution is -0.685. The van der Waals surface area contributed by atoms with Crippen LogP contribution in [-0.4, -0.2) is 6.61 Å². The van der Waals surface area contributed by atoms with Crippen molar-refractivity contribution in [2.75, 3.05) is 6.61 Å². The summed E-state index contributed by atoms with van der Waals surface area (Å²) >= 11 is 1.82. The fraction of sp³-hybridized carbons (Fsp3) is 0.286. The zero-order chi connectivity index (χ0) is 11.9. The predicted molar refractivity (Wildman–Crippen MR) is 71.3 cm³/mol. The van der Waals surface area contributed by atoms with Crippen LogP contribution in [0.5, 0.6) is 5.75 Å². The molecular weight excluding hydrogens is 230 g/mol. The molecule has 0 atom stereocenters. The molecule has 2 nitrogen and oxygen atoms in total. The van der Waals surface area contributed by atoms with Gasteiger partial charge in [-0.2, -0.15) is 0 Å². The van der Waals surface area contributed by atoms with Crippen LogP contribution in [0.1, 0.15) is 17.4 Å². The SMILES string of the molecule is CCOc1ccc(C[NH2+]Cc2cccs2)cc1. The molecule has 2 N–H and O–H groups in total. The molecule has 2 aromatic rings. The Balaban J connectivity index is 1.79. The van der Waals surface area contributed by atoms with Crippen LogP contribution in [0, 0.1) is 0 Å². The van der Waals surface area contributed by atoms with Crippen molar-refractivity contribution in [1.82, 2.24) is 0 Å². The Hall–Kier alpha value is -1.32. The van der Waals surface area contributed by atoms with Gasteiger partial charge in [0.2, 0.25) is 0 Å².